The van der Waals surface area contributed by atoms with Crippen LogP contribution in [0.25, 0.3) is 54.9 Å². The van der Waals surface area contributed by atoms with E-state index in [1.165, 1.54) is 78.0 Å². The van der Waals surface area contributed by atoms with E-state index < -0.39 is 0 Å². The second-order valence-electron chi connectivity index (χ2n) is 11.8. The molecule has 0 nitrogen and oxygen atoms in total. The molecule has 0 aliphatic heterocycles. The van der Waals surface area contributed by atoms with Crippen LogP contribution in [0.2, 0.25) is 0 Å². The van der Waals surface area contributed by atoms with E-state index in [4.69, 9.17) is 0 Å². The van der Waals surface area contributed by atoms with Crippen LogP contribution < -0.4 is 0 Å². The minimum atomic E-state index is 0.709. The van der Waals surface area contributed by atoms with Crippen LogP contribution in [-0.2, 0) is 0 Å². The van der Waals surface area contributed by atoms with Gasteiger partial charge in [-0.1, -0.05) is 153 Å². The highest BCUT2D eigenvalue weighted by Crippen LogP contribution is 2.38. The lowest BCUT2D eigenvalue weighted by Gasteiger charge is -2.14. The largest absolute Gasteiger partial charge is 0.0648 e. The van der Waals surface area contributed by atoms with E-state index in [0.717, 1.165) is 0 Å². The molecule has 0 amide bonds. The molecule has 0 bridgehead atoms. The number of rotatable bonds is 5. The van der Waals surface area contributed by atoms with Crippen molar-refractivity contribution in [2.24, 2.45) is 0 Å². The van der Waals surface area contributed by atoms with Crippen molar-refractivity contribution >= 4 is 21.5 Å². The maximum absolute atomic E-state index is 2.33. The van der Waals surface area contributed by atoms with Crippen molar-refractivity contribution in [3.63, 3.8) is 0 Å². The summed E-state index contributed by atoms with van der Waals surface area (Å²) in [6, 6.07) is 54.8. The van der Waals surface area contributed by atoms with Crippen LogP contribution in [-0.4, -0.2) is 0 Å². The van der Waals surface area contributed by atoms with Gasteiger partial charge in [0.2, 0.25) is 0 Å². The first kappa shape index (κ1) is 29.1. The van der Waals surface area contributed by atoms with Crippen molar-refractivity contribution in [3.05, 3.63) is 168 Å². The number of aryl methyl sites for hydroxylation is 2. The molecule has 0 unspecified atom stereocenters. The van der Waals surface area contributed by atoms with Gasteiger partial charge in [-0.05, 0) is 110 Å². The maximum atomic E-state index is 2.33. The highest BCUT2D eigenvalue weighted by Gasteiger charge is 2.11. The van der Waals surface area contributed by atoms with Gasteiger partial charge in [-0.25, -0.2) is 0 Å². The summed E-state index contributed by atoms with van der Waals surface area (Å²) >= 11 is 0. The van der Waals surface area contributed by atoms with Gasteiger partial charge in [0.15, 0.2) is 0 Å². The molecular formula is C44H40. The predicted molar refractivity (Wildman–Crippen MR) is 192 cm³/mol. The third-order valence-corrected chi connectivity index (χ3v) is 8.93. The third kappa shape index (κ3) is 6.08. The fourth-order valence-electron chi connectivity index (χ4n) is 6.14. The number of hydrogen-bond donors (Lipinski definition) is 0. The first-order chi connectivity index (χ1) is 21.5. The Hall–Kier alpha value is -4.94. The van der Waals surface area contributed by atoms with Crippen molar-refractivity contribution < 1.29 is 0 Å². The Kier molecular flexibility index (Phi) is 8.71. The van der Waals surface area contributed by atoms with Crippen molar-refractivity contribution in [2.45, 2.75) is 40.0 Å². The lowest BCUT2D eigenvalue weighted by Crippen LogP contribution is -1.89. The zero-order valence-electron chi connectivity index (χ0n) is 26.2. The summed E-state index contributed by atoms with van der Waals surface area (Å²) in [6.07, 6.45) is 1.23. The van der Waals surface area contributed by atoms with Gasteiger partial charge in [-0.2, -0.15) is 0 Å². The molecule has 0 heteroatoms. The summed E-state index contributed by atoms with van der Waals surface area (Å²) in [4.78, 5) is 0. The van der Waals surface area contributed by atoms with Crippen molar-refractivity contribution in [1.82, 2.24) is 0 Å². The highest BCUT2D eigenvalue weighted by atomic mass is 14.2. The molecule has 7 rings (SSSR count). The van der Waals surface area contributed by atoms with Gasteiger partial charge in [0.05, 0.1) is 0 Å². The van der Waals surface area contributed by atoms with Gasteiger partial charge in [-0.15, -0.1) is 0 Å². The normalized spacial score (nSPS) is 11.6. The molecule has 0 aromatic heterocycles. The van der Waals surface area contributed by atoms with E-state index in [0.29, 0.717) is 5.92 Å². The summed E-state index contributed by atoms with van der Waals surface area (Å²) in [7, 11) is 0. The van der Waals surface area contributed by atoms with Crippen LogP contribution in [0.4, 0.5) is 0 Å². The van der Waals surface area contributed by atoms with Gasteiger partial charge in [0, 0.05) is 0 Å². The Balaban J connectivity index is 0.000000294. The van der Waals surface area contributed by atoms with Gasteiger partial charge >= 0.3 is 0 Å². The molecule has 0 aliphatic carbocycles. The Morgan fingerprint density at radius 2 is 0.977 bits per heavy atom. The minimum Gasteiger partial charge on any atom is -0.0648 e. The second-order valence-corrected chi connectivity index (χ2v) is 11.8. The fourth-order valence-corrected chi connectivity index (χ4v) is 6.14. The first-order valence-electron chi connectivity index (χ1n) is 15.8. The molecule has 7 aromatic carbocycles. The first-order valence-corrected chi connectivity index (χ1v) is 15.8. The quantitative estimate of drug-likeness (QED) is 0.181. The van der Waals surface area contributed by atoms with Crippen LogP contribution >= 0.6 is 0 Å². The van der Waals surface area contributed by atoms with Crippen LogP contribution in [0.5, 0.6) is 0 Å². The second kappa shape index (κ2) is 13.1. The zero-order chi connectivity index (χ0) is 30.5. The molecule has 0 N–H and O–H groups in total. The zero-order valence-corrected chi connectivity index (χ0v) is 26.2. The standard InChI is InChI=1S/C34H26.C10H14/c1-23-9-3-6-12-30(23)33-22-27(16-15-24(33)2)25-17-19-26(20-18-25)34-31-13-7-4-10-28(31)21-29-11-5-8-14-32(29)34;1-3-9(2)10-7-5-4-6-8-10/h3-22H,1-2H3;4-9H,3H2,1-2H3/t;9-/m.1/s1. The van der Waals surface area contributed by atoms with E-state index in [-0.39, 0.29) is 0 Å². The Morgan fingerprint density at radius 1 is 0.455 bits per heavy atom. The lowest BCUT2D eigenvalue weighted by atomic mass is 9.90. The molecule has 0 heterocycles. The van der Waals surface area contributed by atoms with Crippen molar-refractivity contribution in [3.8, 4) is 33.4 Å². The molecule has 0 aliphatic rings. The number of benzene rings is 7. The maximum Gasteiger partial charge on any atom is -0.00268 e. The molecule has 0 spiro atoms. The number of hydrogen-bond acceptors (Lipinski definition) is 0. The lowest BCUT2D eigenvalue weighted by molar-refractivity contribution is 0.733. The highest BCUT2D eigenvalue weighted by molar-refractivity contribution is 6.12. The summed E-state index contributed by atoms with van der Waals surface area (Å²) in [5.74, 6) is 0.709. The van der Waals surface area contributed by atoms with Gasteiger partial charge in [-0.3, -0.25) is 0 Å². The Morgan fingerprint density at radius 3 is 1.61 bits per heavy atom. The molecular weight excluding hydrogens is 528 g/mol. The Labute approximate surface area is 262 Å². The minimum absolute atomic E-state index is 0.709. The van der Waals surface area contributed by atoms with E-state index in [2.05, 4.69) is 179 Å². The van der Waals surface area contributed by atoms with Gasteiger partial charge in [0.1, 0.15) is 0 Å². The molecule has 0 radical (unpaired) electrons. The van der Waals surface area contributed by atoms with Crippen molar-refractivity contribution in [1.29, 1.82) is 0 Å². The van der Waals surface area contributed by atoms with Crippen molar-refractivity contribution in [2.75, 3.05) is 0 Å². The summed E-state index contributed by atoms with van der Waals surface area (Å²) in [6.45, 7) is 8.86. The van der Waals surface area contributed by atoms with Gasteiger partial charge < -0.3 is 0 Å². The summed E-state index contributed by atoms with van der Waals surface area (Å²) in [5, 5.41) is 5.15. The molecule has 216 valence electrons. The molecule has 0 saturated heterocycles. The van der Waals surface area contributed by atoms with E-state index in [1.54, 1.807) is 0 Å². The SMILES string of the molecule is CC[C@@H](C)c1ccccc1.Cc1ccccc1-c1cc(-c2ccc(-c3c4ccccc4cc4ccccc34)cc2)ccc1C. The molecule has 0 fully saturated rings. The monoisotopic (exact) mass is 568 g/mol. The molecule has 1 atom stereocenters. The molecule has 7 aromatic rings. The summed E-state index contributed by atoms with van der Waals surface area (Å²) < 4.78 is 0. The average Bonchev–Trinajstić information content (AvgIpc) is 3.08. The predicted octanol–water partition coefficient (Wildman–Crippen LogP) is 12.8. The number of fused-ring (bicyclic) bond motifs is 2. The van der Waals surface area contributed by atoms with Crippen LogP contribution in [0, 0.1) is 13.8 Å². The van der Waals surface area contributed by atoms with Crippen LogP contribution in [0.15, 0.2) is 152 Å². The molecule has 0 saturated carbocycles. The van der Waals surface area contributed by atoms with E-state index >= 15 is 0 Å². The van der Waals surface area contributed by atoms with Gasteiger partial charge in [0.25, 0.3) is 0 Å². The fraction of sp³-hybridized carbons (Fsp3) is 0.136. The Bertz CT molecular complexity index is 1960. The topological polar surface area (TPSA) is 0 Å². The smallest absolute Gasteiger partial charge is 0.00268 e. The van der Waals surface area contributed by atoms with E-state index in [1.807, 2.05) is 0 Å². The third-order valence-electron chi connectivity index (χ3n) is 8.93. The average molecular weight is 569 g/mol. The van der Waals surface area contributed by atoms with Crippen LogP contribution in [0.1, 0.15) is 42.9 Å². The van der Waals surface area contributed by atoms with Crippen LogP contribution in [0.3, 0.4) is 0 Å². The molecule has 44 heavy (non-hydrogen) atoms. The summed E-state index contributed by atoms with van der Waals surface area (Å²) in [5.41, 5.74) is 11.7. The van der Waals surface area contributed by atoms with E-state index in [9.17, 15) is 0 Å².